The van der Waals surface area contributed by atoms with Crippen LogP contribution in [0.15, 0.2) is 60.7 Å². The second-order valence-corrected chi connectivity index (χ2v) is 12.2. The SMILES string of the molecule is CC1(C)CCC=C1c1cc(COc2cccc([C@@H](CC(=O)O)C3(C)CC3)c2F)ccc1-c1cc(C(F)F)ccc1F. The van der Waals surface area contributed by atoms with E-state index in [1.807, 2.05) is 13.0 Å². The lowest BCUT2D eigenvalue weighted by Crippen LogP contribution is -2.17. The van der Waals surface area contributed by atoms with Gasteiger partial charge >= 0.3 is 5.97 Å². The van der Waals surface area contributed by atoms with Gasteiger partial charge in [0.15, 0.2) is 11.6 Å². The molecule has 0 radical (unpaired) electrons. The number of rotatable bonds is 10. The summed E-state index contributed by atoms with van der Waals surface area (Å²) in [6.45, 7) is 6.19. The van der Waals surface area contributed by atoms with Crippen LogP contribution in [0.3, 0.4) is 0 Å². The van der Waals surface area contributed by atoms with Crippen molar-refractivity contribution in [3.63, 3.8) is 0 Å². The molecule has 0 amide bonds. The summed E-state index contributed by atoms with van der Waals surface area (Å²) in [5.74, 6) is -2.54. The Morgan fingerprint density at radius 2 is 1.71 bits per heavy atom. The predicted molar refractivity (Wildman–Crippen MR) is 151 cm³/mol. The highest BCUT2D eigenvalue weighted by molar-refractivity contribution is 5.85. The molecule has 0 saturated heterocycles. The summed E-state index contributed by atoms with van der Waals surface area (Å²) in [5.41, 5.74) is 2.69. The average molecular weight is 567 g/mol. The highest BCUT2D eigenvalue weighted by atomic mass is 19.3. The molecule has 3 nitrogen and oxygen atoms in total. The third kappa shape index (κ3) is 5.90. The molecule has 0 aromatic heterocycles. The molecule has 0 heterocycles. The zero-order chi connectivity index (χ0) is 29.5. The molecule has 1 saturated carbocycles. The van der Waals surface area contributed by atoms with Gasteiger partial charge in [0.25, 0.3) is 6.43 Å². The van der Waals surface area contributed by atoms with Crippen LogP contribution in [0.1, 0.15) is 87.5 Å². The zero-order valence-corrected chi connectivity index (χ0v) is 23.4. The molecular formula is C34H34F4O3. The first kappa shape index (κ1) is 28.9. The van der Waals surface area contributed by atoms with Gasteiger partial charge in [-0.2, -0.15) is 0 Å². The molecule has 41 heavy (non-hydrogen) atoms. The summed E-state index contributed by atoms with van der Waals surface area (Å²) in [7, 11) is 0. The van der Waals surface area contributed by atoms with Crippen LogP contribution < -0.4 is 4.74 Å². The molecule has 1 N–H and O–H groups in total. The minimum Gasteiger partial charge on any atom is -0.486 e. The van der Waals surface area contributed by atoms with Crippen molar-refractivity contribution in [1.29, 1.82) is 0 Å². The highest BCUT2D eigenvalue weighted by Crippen LogP contribution is 2.57. The van der Waals surface area contributed by atoms with Crippen molar-refractivity contribution in [2.24, 2.45) is 10.8 Å². The van der Waals surface area contributed by atoms with Gasteiger partial charge in [0.05, 0.1) is 6.42 Å². The van der Waals surface area contributed by atoms with Gasteiger partial charge in [0.1, 0.15) is 12.4 Å². The average Bonchev–Trinajstić information content (AvgIpc) is 3.57. The van der Waals surface area contributed by atoms with E-state index < -0.39 is 29.9 Å². The zero-order valence-electron chi connectivity index (χ0n) is 23.4. The van der Waals surface area contributed by atoms with Crippen molar-refractivity contribution in [1.82, 2.24) is 0 Å². The van der Waals surface area contributed by atoms with Crippen LogP contribution in [0.25, 0.3) is 16.7 Å². The Kier molecular flexibility index (Phi) is 7.75. The summed E-state index contributed by atoms with van der Waals surface area (Å²) >= 11 is 0. The summed E-state index contributed by atoms with van der Waals surface area (Å²) in [4.78, 5) is 11.5. The first-order valence-electron chi connectivity index (χ1n) is 13.9. The first-order chi connectivity index (χ1) is 19.4. The number of aliphatic carboxylic acids is 1. The van der Waals surface area contributed by atoms with Crippen molar-refractivity contribution in [2.75, 3.05) is 0 Å². The molecule has 0 aliphatic heterocycles. The molecule has 0 unspecified atom stereocenters. The molecule has 0 bridgehead atoms. The van der Waals surface area contributed by atoms with Crippen LogP contribution in [0.2, 0.25) is 0 Å². The number of hydrogen-bond acceptors (Lipinski definition) is 2. The van der Waals surface area contributed by atoms with Crippen molar-refractivity contribution in [2.45, 2.75) is 71.8 Å². The summed E-state index contributed by atoms with van der Waals surface area (Å²) in [6, 6.07) is 13.5. The Morgan fingerprint density at radius 1 is 0.951 bits per heavy atom. The lowest BCUT2D eigenvalue weighted by atomic mass is 9.79. The third-order valence-corrected chi connectivity index (χ3v) is 8.78. The standard InChI is InChI=1S/C34H34F4O3/c1-33(2)13-5-7-26(33)24-16-20(9-11-22(24)25-17-21(32(37)38)10-12-28(25)35)19-41-29-8-4-6-23(31(29)36)27(18-30(39)40)34(3)14-15-34/h4,6-12,16-17,27,32H,5,13-15,18-19H2,1-3H3,(H,39,40)/t27-/m1/s1. The van der Waals surface area contributed by atoms with E-state index in [4.69, 9.17) is 4.74 Å². The molecule has 2 aliphatic rings. The lowest BCUT2D eigenvalue weighted by Gasteiger charge is -2.26. The van der Waals surface area contributed by atoms with E-state index in [1.165, 1.54) is 12.1 Å². The van der Waals surface area contributed by atoms with Gasteiger partial charge in [0, 0.05) is 17.0 Å². The molecule has 3 aromatic carbocycles. The maximum atomic E-state index is 15.7. The van der Waals surface area contributed by atoms with E-state index in [1.54, 1.807) is 24.3 Å². The number of carboxylic acid groups (broad SMARTS) is 1. The Bertz CT molecular complexity index is 1500. The van der Waals surface area contributed by atoms with Crippen LogP contribution in [0.5, 0.6) is 5.75 Å². The fourth-order valence-electron chi connectivity index (χ4n) is 6.01. The number of alkyl halides is 2. The van der Waals surface area contributed by atoms with Crippen LogP contribution in [-0.2, 0) is 11.4 Å². The number of ether oxygens (including phenoxy) is 1. The van der Waals surface area contributed by atoms with Crippen LogP contribution in [0, 0.1) is 22.5 Å². The van der Waals surface area contributed by atoms with Gasteiger partial charge in [-0.3, -0.25) is 4.79 Å². The maximum absolute atomic E-state index is 15.7. The van der Waals surface area contributed by atoms with Crippen molar-refractivity contribution < 1.29 is 32.2 Å². The fraction of sp³-hybridized carbons (Fsp3) is 0.382. The number of carboxylic acids is 1. The second kappa shape index (κ2) is 11.0. The predicted octanol–water partition coefficient (Wildman–Crippen LogP) is 9.71. The maximum Gasteiger partial charge on any atom is 0.303 e. The van der Waals surface area contributed by atoms with Crippen molar-refractivity contribution in [3.8, 4) is 16.9 Å². The number of halogens is 4. The van der Waals surface area contributed by atoms with Gasteiger partial charge in [-0.15, -0.1) is 0 Å². The van der Waals surface area contributed by atoms with Gasteiger partial charge < -0.3 is 9.84 Å². The smallest absolute Gasteiger partial charge is 0.303 e. The van der Waals surface area contributed by atoms with Crippen molar-refractivity contribution in [3.05, 3.63) is 94.6 Å². The number of allylic oxidation sites excluding steroid dienone is 2. The van der Waals surface area contributed by atoms with Gasteiger partial charge in [0.2, 0.25) is 0 Å². The highest BCUT2D eigenvalue weighted by Gasteiger charge is 2.47. The molecular weight excluding hydrogens is 532 g/mol. The number of benzene rings is 3. The van der Waals surface area contributed by atoms with E-state index in [0.717, 1.165) is 49.0 Å². The molecule has 7 heteroatoms. The van der Waals surface area contributed by atoms with Crippen LogP contribution in [-0.4, -0.2) is 11.1 Å². The monoisotopic (exact) mass is 566 g/mol. The molecule has 1 atom stereocenters. The lowest BCUT2D eigenvalue weighted by molar-refractivity contribution is -0.137. The third-order valence-electron chi connectivity index (χ3n) is 8.78. The van der Waals surface area contributed by atoms with E-state index in [9.17, 15) is 23.1 Å². The number of carbonyl (C=O) groups is 1. The summed E-state index contributed by atoms with van der Waals surface area (Å²) in [6.07, 6.45) is 2.65. The summed E-state index contributed by atoms with van der Waals surface area (Å²) in [5, 5.41) is 9.45. The van der Waals surface area contributed by atoms with Gasteiger partial charge in [-0.05, 0) is 88.6 Å². The van der Waals surface area contributed by atoms with Gasteiger partial charge in [-0.25, -0.2) is 17.6 Å². The topological polar surface area (TPSA) is 46.5 Å². The van der Waals surface area contributed by atoms with Crippen LogP contribution >= 0.6 is 0 Å². The largest absolute Gasteiger partial charge is 0.486 e. The minimum atomic E-state index is -2.73. The molecule has 216 valence electrons. The summed E-state index contributed by atoms with van der Waals surface area (Å²) < 4.78 is 63.5. The van der Waals surface area contributed by atoms with E-state index >= 15 is 4.39 Å². The van der Waals surface area contributed by atoms with E-state index in [-0.39, 0.29) is 40.7 Å². The normalized spacial score (nSPS) is 17.8. The van der Waals surface area contributed by atoms with Crippen LogP contribution in [0.4, 0.5) is 17.6 Å². The first-order valence-corrected chi connectivity index (χ1v) is 13.9. The van der Waals surface area contributed by atoms with E-state index in [0.29, 0.717) is 16.7 Å². The number of hydrogen-bond donors (Lipinski definition) is 1. The van der Waals surface area contributed by atoms with Gasteiger partial charge in [-0.1, -0.05) is 57.2 Å². The molecule has 1 fully saturated rings. The fourth-order valence-corrected chi connectivity index (χ4v) is 6.01. The quantitative estimate of drug-likeness (QED) is 0.249. The van der Waals surface area contributed by atoms with Crippen molar-refractivity contribution >= 4 is 11.5 Å². The molecule has 0 spiro atoms. The Labute approximate surface area is 237 Å². The Balaban J connectivity index is 1.48. The Morgan fingerprint density at radius 3 is 2.34 bits per heavy atom. The Hall–Kier alpha value is -3.61. The minimum absolute atomic E-state index is 0.0157. The molecule has 2 aliphatic carbocycles. The second-order valence-electron chi connectivity index (χ2n) is 12.2. The molecule has 3 aromatic rings. The molecule has 5 rings (SSSR count). The van der Waals surface area contributed by atoms with E-state index in [2.05, 4.69) is 19.9 Å².